The first-order valence-corrected chi connectivity index (χ1v) is 4.02. The molecule has 13 heavy (non-hydrogen) atoms. The van der Waals surface area contributed by atoms with Crippen molar-refractivity contribution in [3.8, 4) is 11.5 Å². The van der Waals surface area contributed by atoms with Crippen molar-refractivity contribution in [3.05, 3.63) is 23.8 Å². The van der Waals surface area contributed by atoms with Gasteiger partial charge < -0.3 is 15.5 Å². The Morgan fingerprint density at radius 1 is 1.31 bits per heavy atom. The molecule has 1 saturated heterocycles. The molecule has 72 valence electrons. The number of nitrogens with one attached hydrogen (secondary N) is 1. The van der Waals surface area contributed by atoms with Crippen LogP contribution in [0.5, 0.6) is 11.5 Å². The molecule has 2 rings (SSSR count). The lowest BCUT2D eigenvalue weighted by Crippen LogP contribution is -2.34. The van der Waals surface area contributed by atoms with Gasteiger partial charge in [-0.15, -0.1) is 12.4 Å². The minimum absolute atomic E-state index is 0. The molecule has 0 radical (unpaired) electrons. The Morgan fingerprint density at radius 2 is 2.00 bits per heavy atom. The monoisotopic (exact) mass is 201 g/mol. The van der Waals surface area contributed by atoms with Crippen LogP contribution >= 0.6 is 12.4 Å². The van der Waals surface area contributed by atoms with Gasteiger partial charge in [0.2, 0.25) is 0 Å². The van der Waals surface area contributed by atoms with Crippen molar-refractivity contribution < 1.29 is 10.2 Å². The second-order valence-corrected chi connectivity index (χ2v) is 3.04. The van der Waals surface area contributed by atoms with E-state index in [2.05, 4.69) is 5.32 Å². The normalized spacial score (nSPS) is 20.2. The maximum atomic E-state index is 9.43. The Bertz CT molecular complexity index is 300. The minimum Gasteiger partial charge on any atom is -0.508 e. The third kappa shape index (κ3) is 1.87. The quantitative estimate of drug-likeness (QED) is 0.646. The van der Waals surface area contributed by atoms with Gasteiger partial charge in [0, 0.05) is 17.7 Å². The minimum atomic E-state index is 0. The van der Waals surface area contributed by atoms with Crippen molar-refractivity contribution in [2.24, 2.45) is 0 Å². The summed E-state index contributed by atoms with van der Waals surface area (Å²) >= 11 is 0. The largest absolute Gasteiger partial charge is 0.508 e. The molecule has 0 aromatic heterocycles. The third-order valence-electron chi connectivity index (χ3n) is 2.21. The number of hydrogen-bond acceptors (Lipinski definition) is 3. The molecular weight excluding hydrogens is 190 g/mol. The van der Waals surface area contributed by atoms with E-state index in [0.29, 0.717) is 0 Å². The molecule has 0 amide bonds. The van der Waals surface area contributed by atoms with Crippen molar-refractivity contribution in [2.45, 2.75) is 12.5 Å². The first kappa shape index (κ1) is 10.2. The third-order valence-corrected chi connectivity index (χ3v) is 2.21. The maximum absolute atomic E-state index is 9.43. The van der Waals surface area contributed by atoms with Crippen LogP contribution in [0.25, 0.3) is 0 Å². The van der Waals surface area contributed by atoms with E-state index in [1.807, 2.05) is 0 Å². The number of hydrogen-bond donors (Lipinski definition) is 3. The maximum Gasteiger partial charge on any atom is 0.124 e. The summed E-state index contributed by atoms with van der Waals surface area (Å²) in [7, 11) is 0. The summed E-state index contributed by atoms with van der Waals surface area (Å²) in [5.41, 5.74) is 0.874. The molecule has 1 fully saturated rings. The molecule has 0 aliphatic carbocycles. The molecule has 1 aromatic carbocycles. The highest BCUT2D eigenvalue weighted by atomic mass is 35.5. The number of phenols is 2. The van der Waals surface area contributed by atoms with E-state index in [9.17, 15) is 5.11 Å². The Labute approximate surface area is 82.8 Å². The van der Waals surface area contributed by atoms with Crippen molar-refractivity contribution >= 4 is 12.4 Å². The number of rotatable bonds is 1. The SMILES string of the molecule is Cl.Oc1ccc([C@@H]2CCN2)c(O)c1. The van der Waals surface area contributed by atoms with Crippen LogP contribution in [0.1, 0.15) is 18.0 Å². The van der Waals surface area contributed by atoms with Crippen LogP contribution < -0.4 is 5.32 Å². The summed E-state index contributed by atoms with van der Waals surface area (Å²) in [5, 5.41) is 21.6. The molecule has 1 aromatic rings. The molecule has 1 atom stereocenters. The molecule has 1 aliphatic rings. The molecule has 3 N–H and O–H groups in total. The lowest BCUT2D eigenvalue weighted by molar-refractivity contribution is 0.362. The number of phenolic OH excluding ortho intramolecular Hbond substituents is 2. The van der Waals surface area contributed by atoms with Gasteiger partial charge in [0.05, 0.1) is 0 Å². The van der Waals surface area contributed by atoms with E-state index < -0.39 is 0 Å². The number of aromatic hydroxyl groups is 2. The van der Waals surface area contributed by atoms with E-state index >= 15 is 0 Å². The van der Waals surface area contributed by atoms with Crippen LogP contribution in [0.2, 0.25) is 0 Å². The van der Waals surface area contributed by atoms with Crippen molar-refractivity contribution in [2.75, 3.05) is 6.54 Å². The Morgan fingerprint density at radius 3 is 2.46 bits per heavy atom. The average Bonchev–Trinajstić information content (AvgIpc) is 1.91. The van der Waals surface area contributed by atoms with Gasteiger partial charge in [-0.05, 0) is 19.0 Å². The van der Waals surface area contributed by atoms with Gasteiger partial charge in [0.1, 0.15) is 11.5 Å². The van der Waals surface area contributed by atoms with Gasteiger partial charge in [-0.3, -0.25) is 0 Å². The zero-order chi connectivity index (χ0) is 8.55. The Kier molecular flexibility index (Phi) is 3.01. The zero-order valence-corrected chi connectivity index (χ0v) is 7.84. The summed E-state index contributed by atoms with van der Waals surface area (Å²) in [6, 6.07) is 4.98. The lowest BCUT2D eigenvalue weighted by Gasteiger charge is -2.28. The summed E-state index contributed by atoms with van der Waals surface area (Å²) in [5.74, 6) is 0.280. The van der Waals surface area contributed by atoms with Crippen LogP contribution in [-0.4, -0.2) is 16.8 Å². The topological polar surface area (TPSA) is 52.5 Å². The van der Waals surface area contributed by atoms with Gasteiger partial charge in [-0.1, -0.05) is 6.07 Å². The standard InChI is InChI=1S/C9H11NO2.ClH/c11-6-1-2-7(9(12)5-6)8-3-4-10-8;/h1-2,5,8,10-12H,3-4H2;1H/t8-;/m0./s1. The van der Waals surface area contributed by atoms with E-state index in [4.69, 9.17) is 5.11 Å². The first-order valence-electron chi connectivity index (χ1n) is 4.02. The molecule has 0 unspecified atom stereocenters. The van der Waals surface area contributed by atoms with E-state index in [-0.39, 0.29) is 29.9 Å². The molecule has 1 aliphatic heterocycles. The van der Waals surface area contributed by atoms with Crippen molar-refractivity contribution in [1.29, 1.82) is 0 Å². The highest BCUT2D eigenvalue weighted by molar-refractivity contribution is 5.85. The zero-order valence-electron chi connectivity index (χ0n) is 7.03. The molecule has 0 bridgehead atoms. The molecule has 1 heterocycles. The number of benzene rings is 1. The van der Waals surface area contributed by atoms with Gasteiger partial charge in [0.25, 0.3) is 0 Å². The van der Waals surface area contributed by atoms with Gasteiger partial charge in [0.15, 0.2) is 0 Å². The second kappa shape index (κ2) is 3.85. The van der Waals surface area contributed by atoms with Gasteiger partial charge in [-0.25, -0.2) is 0 Å². The highest BCUT2D eigenvalue weighted by Gasteiger charge is 2.21. The fourth-order valence-corrected chi connectivity index (χ4v) is 1.38. The lowest BCUT2D eigenvalue weighted by atomic mass is 9.97. The highest BCUT2D eigenvalue weighted by Crippen LogP contribution is 2.32. The molecule has 3 nitrogen and oxygen atoms in total. The molecular formula is C9H12ClNO2. The molecule has 0 saturated carbocycles. The Balaban J connectivity index is 0.000000845. The predicted molar refractivity (Wildman–Crippen MR) is 52.4 cm³/mol. The van der Waals surface area contributed by atoms with Crippen LogP contribution in [0, 0.1) is 0 Å². The average molecular weight is 202 g/mol. The van der Waals surface area contributed by atoms with Crippen LogP contribution in [0.4, 0.5) is 0 Å². The fourth-order valence-electron chi connectivity index (χ4n) is 1.38. The van der Waals surface area contributed by atoms with E-state index in [0.717, 1.165) is 18.5 Å². The fraction of sp³-hybridized carbons (Fsp3) is 0.333. The van der Waals surface area contributed by atoms with Crippen LogP contribution in [-0.2, 0) is 0 Å². The van der Waals surface area contributed by atoms with Crippen molar-refractivity contribution in [1.82, 2.24) is 5.32 Å². The molecule has 0 spiro atoms. The van der Waals surface area contributed by atoms with E-state index in [1.54, 1.807) is 12.1 Å². The number of halogens is 1. The van der Waals surface area contributed by atoms with Gasteiger partial charge >= 0.3 is 0 Å². The summed E-state index contributed by atoms with van der Waals surface area (Å²) in [6.07, 6.45) is 1.05. The summed E-state index contributed by atoms with van der Waals surface area (Å²) < 4.78 is 0. The smallest absolute Gasteiger partial charge is 0.124 e. The molecule has 4 heteroatoms. The summed E-state index contributed by atoms with van der Waals surface area (Å²) in [6.45, 7) is 1.00. The first-order chi connectivity index (χ1) is 5.77. The van der Waals surface area contributed by atoms with E-state index in [1.165, 1.54) is 6.07 Å². The van der Waals surface area contributed by atoms with Crippen LogP contribution in [0.15, 0.2) is 18.2 Å². The van der Waals surface area contributed by atoms with Crippen molar-refractivity contribution in [3.63, 3.8) is 0 Å². The predicted octanol–water partition coefficient (Wildman–Crippen LogP) is 1.55. The second-order valence-electron chi connectivity index (χ2n) is 3.04. The summed E-state index contributed by atoms with van der Waals surface area (Å²) in [4.78, 5) is 0. The van der Waals surface area contributed by atoms with Gasteiger partial charge in [-0.2, -0.15) is 0 Å². The Hall–Kier alpha value is -0.930. The van der Waals surface area contributed by atoms with Crippen LogP contribution in [0.3, 0.4) is 0 Å².